The van der Waals surface area contributed by atoms with Crippen LogP contribution in [0.25, 0.3) is 11.2 Å². The molecule has 0 saturated heterocycles. The Labute approximate surface area is 114 Å². The molecule has 0 unspecified atom stereocenters. The SMILES string of the molecule is Nc1nc(Cl)c2ncn([C@H]3C=C[C@@H](CO)C3)c2n1.O. The first kappa shape index (κ1) is 13.7. The number of hydrogen-bond acceptors (Lipinski definition) is 5. The highest BCUT2D eigenvalue weighted by atomic mass is 35.5. The van der Waals surface area contributed by atoms with Crippen LogP contribution in [0.5, 0.6) is 0 Å². The summed E-state index contributed by atoms with van der Waals surface area (Å²) in [5.74, 6) is 0.317. The van der Waals surface area contributed by atoms with E-state index in [2.05, 4.69) is 15.0 Å². The molecule has 0 radical (unpaired) electrons. The molecule has 2 heterocycles. The average Bonchev–Trinajstić information content (AvgIpc) is 2.93. The van der Waals surface area contributed by atoms with Crippen LogP contribution in [0.15, 0.2) is 18.5 Å². The summed E-state index contributed by atoms with van der Waals surface area (Å²) < 4.78 is 1.91. The van der Waals surface area contributed by atoms with Crippen molar-refractivity contribution in [1.29, 1.82) is 0 Å². The van der Waals surface area contributed by atoms with Crippen molar-refractivity contribution in [2.45, 2.75) is 12.5 Å². The van der Waals surface area contributed by atoms with Crippen molar-refractivity contribution in [3.05, 3.63) is 23.6 Å². The van der Waals surface area contributed by atoms with Crippen LogP contribution in [0.2, 0.25) is 5.15 Å². The lowest BCUT2D eigenvalue weighted by atomic mass is 10.1. The summed E-state index contributed by atoms with van der Waals surface area (Å²) in [5.41, 5.74) is 6.77. The fourth-order valence-corrected chi connectivity index (χ4v) is 2.45. The van der Waals surface area contributed by atoms with Gasteiger partial charge in [0, 0.05) is 12.5 Å². The summed E-state index contributed by atoms with van der Waals surface area (Å²) in [6.07, 6.45) is 6.54. The molecular weight excluding hydrogens is 270 g/mol. The largest absolute Gasteiger partial charge is 0.412 e. The molecule has 1 aliphatic carbocycles. The first-order valence-electron chi connectivity index (χ1n) is 5.63. The number of fused-ring (bicyclic) bond motifs is 1. The quantitative estimate of drug-likeness (QED) is 0.608. The molecule has 0 spiro atoms. The molecule has 5 N–H and O–H groups in total. The maximum Gasteiger partial charge on any atom is 0.223 e. The number of rotatable bonds is 2. The van der Waals surface area contributed by atoms with E-state index in [1.807, 2.05) is 16.7 Å². The Kier molecular flexibility index (Phi) is 3.70. The van der Waals surface area contributed by atoms with Crippen molar-refractivity contribution in [2.24, 2.45) is 5.92 Å². The van der Waals surface area contributed by atoms with Gasteiger partial charge in [0.1, 0.15) is 5.52 Å². The Morgan fingerprint density at radius 1 is 1.42 bits per heavy atom. The van der Waals surface area contributed by atoms with Gasteiger partial charge < -0.3 is 20.9 Å². The fourth-order valence-electron chi connectivity index (χ4n) is 2.23. The number of nitrogens with zero attached hydrogens (tertiary/aromatic N) is 4. The van der Waals surface area contributed by atoms with Gasteiger partial charge in [0.15, 0.2) is 10.8 Å². The molecule has 0 bridgehead atoms. The molecule has 0 fully saturated rings. The van der Waals surface area contributed by atoms with Crippen molar-refractivity contribution in [3.63, 3.8) is 0 Å². The number of imidazole rings is 1. The minimum absolute atomic E-state index is 0. The van der Waals surface area contributed by atoms with E-state index in [9.17, 15) is 0 Å². The molecule has 0 saturated carbocycles. The Morgan fingerprint density at radius 3 is 2.89 bits per heavy atom. The number of aromatic nitrogens is 4. The highest BCUT2D eigenvalue weighted by molar-refractivity contribution is 6.33. The molecule has 1 aliphatic rings. The Bertz CT molecular complexity index is 627. The molecule has 0 aromatic carbocycles. The van der Waals surface area contributed by atoms with Crippen molar-refractivity contribution in [1.82, 2.24) is 19.5 Å². The molecule has 2 aromatic heterocycles. The van der Waals surface area contributed by atoms with Crippen LogP contribution < -0.4 is 5.73 Å². The monoisotopic (exact) mass is 283 g/mol. The van der Waals surface area contributed by atoms with E-state index in [-0.39, 0.29) is 35.1 Å². The Hall–Kier alpha value is -1.70. The highest BCUT2D eigenvalue weighted by Crippen LogP contribution is 2.30. The summed E-state index contributed by atoms with van der Waals surface area (Å²) in [6.45, 7) is 0.150. The maximum atomic E-state index is 9.14. The van der Waals surface area contributed by atoms with Crippen LogP contribution in [0.3, 0.4) is 0 Å². The normalized spacial score (nSPS) is 21.8. The maximum absolute atomic E-state index is 9.14. The third kappa shape index (κ3) is 2.27. The van der Waals surface area contributed by atoms with Crippen LogP contribution in [0.4, 0.5) is 5.95 Å². The van der Waals surface area contributed by atoms with Gasteiger partial charge in [0.2, 0.25) is 5.95 Å². The summed E-state index contributed by atoms with van der Waals surface area (Å²) >= 11 is 5.97. The Morgan fingerprint density at radius 2 is 2.21 bits per heavy atom. The second kappa shape index (κ2) is 5.12. The molecule has 8 heteroatoms. The summed E-state index contributed by atoms with van der Waals surface area (Å²) in [5, 5.41) is 9.40. The van der Waals surface area contributed by atoms with E-state index in [1.54, 1.807) is 6.33 Å². The number of aliphatic hydroxyl groups is 1. The van der Waals surface area contributed by atoms with Gasteiger partial charge in [-0.1, -0.05) is 23.8 Å². The second-order valence-corrected chi connectivity index (χ2v) is 4.69. The van der Waals surface area contributed by atoms with Gasteiger partial charge >= 0.3 is 0 Å². The van der Waals surface area contributed by atoms with Gasteiger partial charge in [0.05, 0.1) is 12.4 Å². The van der Waals surface area contributed by atoms with Crippen LogP contribution in [-0.4, -0.2) is 36.7 Å². The zero-order valence-corrected chi connectivity index (χ0v) is 10.7. The van der Waals surface area contributed by atoms with E-state index in [0.717, 1.165) is 6.42 Å². The predicted octanol–water partition coefficient (Wildman–Crippen LogP) is 0.347. The third-order valence-electron chi connectivity index (χ3n) is 3.14. The van der Waals surface area contributed by atoms with Gasteiger partial charge in [-0.25, -0.2) is 4.98 Å². The first-order valence-corrected chi connectivity index (χ1v) is 6.01. The predicted molar refractivity (Wildman–Crippen MR) is 71.7 cm³/mol. The van der Waals surface area contributed by atoms with Crippen LogP contribution >= 0.6 is 11.6 Å². The molecule has 7 nitrogen and oxygen atoms in total. The zero-order chi connectivity index (χ0) is 12.7. The molecular formula is C11H14ClN5O2. The van der Waals surface area contributed by atoms with Crippen LogP contribution in [0.1, 0.15) is 12.5 Å². The molecule has 3 rings (SSSR count). The number of aliphatic hydroxyl groups excluding tert-OH is 1. The molecule has 0 aliphatic heterocycles. The molecule has 2 aromatic rings. The van der Waals surface area contributed by atoms with E-state index in [0.29, 0.717) is 11.2 Å². The topological polar surface area (TPSA) is 121 Å². The minimum atomic E-state index is 0. The third-order valence-corrected chi connectivity index (χ3v) is 3.40. The van der Waals surface area contributed by atoms with Crippen molar-refractivity contribution >= 4 is 28.7 Å². The Balaban J connectivity index is 0.00000133. The van der Waals surface area contributed by atoms with E-state index >= 15 is 0 Å². The van der Waals surface area contributed by atoms with Crippen molar-refractivity contribution in [2.75, 3.05) is 12.3 Å². The molecule has 19 heavy (non-hydrogen) atoms. The standard InChI is InChI=1S/C11H12ClN5O.H2O/c12-9-8-10(16-11(13)15-9)17(5-14-8)7-2-1-6(3-7)4-18;/h1-2,5-7,18H,3-4H2,(H2,13,15,16);1H2/t6-,7+;/m1./s1. The molecule has 0 amide bonds. The summed E-state index contributed by atoms with van der Waals surface area (Å²) in [6, 6.07) is 0.123. The van der Waals surface area contributed by atoms with Crippen molar-refractivity contribution in [3.8, 4) is 0 Å². The number of hydrogen-bond donors (Lipinski definition) is 2. The highest BCUT2D eigenvalue weighted by Gasteiger charge is 2.22. The number of allylic oxidation sites excluding steroid dienone is 1. The lowest BCUT2D eigenvalue weighted by Crippen LogP contribution is -2.08. The summed E-state index contributed by atoms with van der Waals surface area (Å²) in [4.78, 5) is 12.3. The van der Waals surface area contributed by atoms with Crippen LogP contribution in [0, 0.1) is 5.92 Å². The zero-order valence-electron chi connectivity index (χ0n) is 9.99. The second-order valence-electron chi connectivity index (χ2n) is 4.33. The smallest absolute Gasteiger partial charge is 0.223 e. The van der Waals surface area contributed by atoms with E-state index < -0.39 is 0 Å². The van der Waals surface area contributed by atoms with Gasteiger partial charge in [-0.3, -0.25) is 0 Å². The van der Waals surface area contributed by atoms with E-state index in [1.165, 1.54) is 0 Å². The molecule has 102 valence electrons. The average molecular weight is 284 g/mol. The lowest BCUT2D eigenvalue weighted by Gasteiger charge is -2.12. The number of nitrogen functional groups attached to an aromatic ring is 1. The van der Waals surface area contributed by atoms with Gasteiger partial charge in [0.25, 0.3) is 0 Å². The summed E-state index contributed by atoms with van der Waals surface area (Å²) in [7, 11) is 0. The number of halogens is 1. The number of anilines is 1. The van der Waals surface area contributed by atoms with Gasteiger partial charge in [-0.2, -0.15) is 9.97 Å². The lowest BCUT2D eigenvalue weighted by molar-refractivity contribution is 0.244. The number of nitrogens with two attached hydrogens (primary N) is 1. The first-order chi connectivity index (χ1) is 8.69. The fraction of sp³-hybridized carbons (Fsp3) is 0.364. The van der Waals surface area contributed by atoms with Gasteiger partial charge in [-0.05, 0) is 6.42 Å². The van der Waals surface area contributed by atoms with E-state index in [4.69, 9.17) is 22.4 Å². The van der Waals surface area contributed by atoms with Crippen LogP contribution in [-0.2, 0) is 0 Å². The molecule has 2 atom stereocenters. The van der Waals surface area contributed by atoms with Crippen molar-refractivity contribution < 1.29 is 10.6 Å². The van der Waals surface area contributed by atoms with Gasteiger partial charge in [-0.15, -0.1) is 0 Å². The minimum Gasteiger partial charge on any atom is -0.412 e.